The van der Waals surface area contributed by atoms with Crippen LogP contribution in [0.3, 0.4) is 0 Å². The van der Waals surface area contributed by atoms with Gasteiger partial charge in [0, 0.05) is 23.4 Å². The first kappa shape index (κ1) is 20.4. The lowest BCUT2D eigenvalue weighted by Gasteiger charge is -2.10. The molecule has 0 aliphatic carbocycles. The van der Waals surface area contributed by atoms with E-state index in [4.69, 9.17) is 17.0 Å². The Morgan fingerprint density at radius 3 is 2.07 bits per heavy atom. The molecule has 2 aromatic rings. The highest BCUT2D eigenvalue weighted by Crippen LogP contribution is 2.16. The van der Waals surface area contributed by atoms with Crippen molar-refractivity contribution in [1.29, 1.82) is 0 Å². The number of anilines is 2. The zero-order chi connectivity index (χ0) is 19.6. The van der Waals surface area contributed by atoms with Crippen molar-refractivity contribution >= 4 is 40.5 Å². The number of thiocarbonyl (C=S) groups is 1. The number of carbonyl (C=O) groups is 2. The molecule has 2 amide bonds. The summed E-state index contributed by atoms with van der Waals surface area (Å²) in [5, 5.41) is 8.55. The topological polar surface area (TPSA) is 79.5 Å². The Morgan fingerprint density at radius 1 is 0.926 bits per heavy atom. The van der Waals surface area contributed by atoms with Crippen LogP contribution in [0.4, 0.5) is 11.4 Å². The maximum atomic E-state index is 12.3. The minimum Gasteiger partial charge on any atom is -0.494 e. The predicted molar refractivity (Wildman–Crippen MR) is 111 cm³/mol. The molecule has 0 aliphatic heterocycles. The van der Waals surface area contributed by atoms with Gasteiger partial charge in [0.1, 0.15) is 5.75 Å². The van der Waals surface area contributed by atoms with Gasteiger partial charge in [-0.1, -0.05) is 13.8 Å². The van der Waals surface area contributed by atoms with Crippen molar-refractivity contribution < 1.29 is 14.3 Å². The van der Waals surface area contributed by atoms with E-state index in [0.717, 1.165) is 12.2 Å². The Bertz CT molecular complexity index is 789. The first-order valence-electron chi connectivity index (χ1n) is 8.77. The lowest BCUT2D eigenvalue weighted by atomic mass is 10.2. The molecule has 3 N–H and O–H groups in total. The Balaban J connectivity index is 1.90. The number of hydrogen-bond acceptors (Lipinski definition) is 4. The molecule has 0 atom stereocenters. The third-order valence-electron chi connectivity index (χ3n) is 3.56. The van der Waals surface area contributed by atoms with Crippen LogP contribution in [0.15, 0.2) is 48.5 Å². The van der Waals surface area contributed by atoms with Crippen LogP contribution in [0.1, 0.15) is 37.0 Å². The van der Waals surface area contributed by atoms with Gasteiger partial charge in [0.25, 0.3) is 5.91 Å². The van der Waals surface area contributed by atoms with Gasteiger partial charge in [-0.2, -0.15) is 0 Å². The first-order valence-corrected chi connectivity index (χ1v) is 9.17. The highest BCUT2D eigenvalue weighted by atomic mass is 32.1. The number of ether oxygens (including phenoxy) is 1. The van der Waals surface area contributed by atoms with Crippen LogP contribution in [0, 0.1) is 0 Å². The number of benzene rings is 2. The number of rotatable bonds is 7. The average molecular weight is 385 g/mol. The predicted octanol–water partition coefficient (Wildman–Crippen LogP) is 3.95. The van der Waals surface area contributed by atoms with Crippen molar-refractivity contribution in [3.05, 3.63) is 54.1 Å². The molecule has 0 fully saturated rings. The van der Waals surface area contributed by atoms with Crippen LogP contribution < -0.4 is 20.7 Å². The molecule has 0 radical (unpaired) electrons. The molecule has 0 heterocycles. The van der Waals surface area contributed by atoms with Gasteiger partial charge in [0.05, 0.1) is 6.61 Å². The summed E-state index contributed by atoms with van der Waals surface area (Å²) in [7, 11) is 0. The second kappa shape index (κ2) is 10.3. The molecular formula is C20H23N3O3S. The maximum absolute atomic E-state index is 12.3. The molecule has 0 aliphatic rings. The van der Waals surface area contributed by atoms with Gasteiger partial charge in [-0.3, -0.25) is 9.59 Å². The zero-order valence-electron chi connectivity index (χ0n) is 15.4. The van der Waals surface area contributed by atoms with Gasteiger partial charge in [-0.05, 0) is 67.2 Å². The smallest absolute Gasteiger partial charge is 0.255 e. The molecule has 0 saturated carbocycles. The first-order chi connectivity index (χ1) is 13.0. The number of nitrogens with one attached hydrogen (secondary N) is 3. The monoisotopic (exact) mass is 385 g/mol. The summed E-state index contributed by atoms with van der Waals surface area (Å²) in [4.78, 5) is 23.6. The summed E-state index contributed by atoms with van der Waals surface area (Å²) < 4.78 is 5.51. The summed E-state index contributed by atoms with van der Waals surface area (Å²) >= 11 is 5.06. The Hall–Kier alpha value is -2.93. The van der Waals surface area contributed by atoms with E-state index in [1.54, 1.807) is 55.5 Å². The summed E-state index contributed by atoms with van der Waals surface area (Å²) in [6.45, 7) is 4.44. The van der Waals surface area contributed by atoms with Crippen molar-refractivity contribution in [3.63, 3.8) is 0 Å². The van der Waals surface area contributed by atoms with Crippen LogP contribution in [0.25, 0.3) is 0 Å². The Kier molecular flexibility index (Phi) is 7.76. The third kappa shape index (κ3) is 6.71. The molecule has 0 aromatic heterocycles. The van der Waals surface area contributed by atoms with Gasteiger partial charge in [-0.25, -0.2) is 0 Å². The largest absolute Gasteiger partial charge is 0.494 e. The van der Waals surface area contributed by atoms with E-state index in [-0.39, 0.29) is 16.9 Å². The fourth-order valence-electron chi connectivity index (χ4n) is 2.14. The molecule has 2 aromatic carbocycles. The molecule has 2 rings (SSSR count). The molecule has 6 nitrogen and oxygen atoms in total. The lowest BCUT2D eigenvalue weighted by Crippen LogP contribution is -2.33. The number of carbonyl (C=O) groups excluding carboxylic acids is 2. The third-order valence-corrected chi connectivity index (χ3v) is 3.77. The Labute approximate surface area is 164 Å². The van der Waals surface area contributed by atoms with Crippen LogP contribution >= 0.6 is 12.2 Å². The quantitative estimate of drug-likeness (QED) is 0.629. The fourth-order valence-corrected chi connectivity index (χ4v) is 2.37. The SMILES string of the molecule is CCCOc1ccc(C(=O)Nc2ccc(NC(=S)NC(=O)CC)cc2)cc1. The molecule has 0 unspecified atom stereocenters. The van der Waals surface area contributed by atoms with Gasteiger partial charge < -0.3 is 20.7 Å². The van der Waals surface area contributed by atoms with Gasteiger partial charge in [0.2, 0.25) is 5.91 Å². The van der Waals surface area contributed by atoms with E-state index in [2.05, 4.69) is 16.0 Å². The highest BCUT2D eigenvalue weighted by molar-refractivity contribution is 7.80. The fraction of sp³-hybridized carbons (Fsp3) is 0.250. The standard InChI is InChI=1S/C20H23N3O3S/c1-3-13-26-17-11-5-14(6-12-17)19(25)21-15-7-9-16(10-8-15)22-20(27)23-18(24)4-2/h5-12H,3-4,13H2,1-2H3,(H,21,25)(H2,22,23,24,27). The van der Waals surface area contributed by atoms with Crippen molar-refractivity contribution in [2.75, 3.05) is 17.2 Å². The molecule has 142 valence electrons. The van der Waals surface area contributed by atoms with Crippen molar-refractivity contribution in [2.45, 2.75) is 26.7 Å². The van der Waals surface area contributed by atoms with Crippen LogP contribution in [0.2, 0.25) is 0 Å². The van der Waals surface area contributed by atoms with E-state index in [1.165, 1.54) is 0 Å². The highest BCUT2D eigenvalue weighted by Gasteiger charge is 2.07. The summed E-state index contributed by atoms with van der Waals surface area (Å²) in [6.07, 6.45) is 1.29. The molecule has 0 saturated heterocycles. The van der Waals surface area contributed by atoms with Crippen LogP contribution in [-0.2, 0) is 4.79 Å². The summed E-state index contributed by atoms with van der Waals surface area (Å²) in [5.74, 6) is 0.390. The Morgan fingerprint density at radius 2 is 1.52 bits per heavy atom. The minimum absolute atomic E-state index is 0.150. The second-order valence-corrected chi connectivity index (χ2v) is 6.17. The van der Waals surface area contributed by atoms with Crippen molar-refractivity contribution in [1.82, 2.24) is 5.32 Å². The van der Waals surface area contributed by atoms with Gasteiger partial charge in [-0.15, -0.1) is 0 Å². The summed E-state index contributed by atoms with van der Waals surface area (Å²) in [5.41, 5.74) is 1.91. The van der Waals surface area contributed by atoms with Crippen molar-refractivity contribution in [3.8, 4) is 5.75 Å². The van der Waals surface area contributed by atoms with Crippen LogP contribution in [-0.4, -0.2) is 23.5 Å². The van der Waals surface area contributed by atoms with E-state index in [9.17, 15) is 9.59 Å². The molecule has 0 spiro atoms. The van der Waals surface area contributed by atoms with Crippen molar-refractivity contribution in [2.24, 2.45) is 0 Å². The maximum Gasteiger partial charge on any atom is 0.255 e. The molecule has 27 heavy (non-hydrogen) atoms. The van der Waals surface area contributed by atoms with E-state index >= 15 is 0 Å². The van der Waals surface area contributed by atoms with E-state index < -0.39 is 0 Å². The second-order valence-electron chi connectivity index (χ2n) is 5.76. The average Bonchev–Trinajstić information content (AvgIpc) is 2.68. The van der Waals surface area contributed by atoms with Gasteiger partial charge in [0.15, 0.2) is 5.11 Å². The summed E-state index contributed by atoms with van der Waals surface area (Å²) in [6, 6.07) is 14.1. The molecule has 7 heteroatoms. The number of amides is 2. The molecule has 0 bridgehead atoms. The van der Waals surface area contributed by atoms with Gasteiger partial charge >= 0.3 is 0 Å². The van der Waals surface area contributed by atoms with E-state index in [0.29, 0.717) is 30.0 Å². The minimum atomic E-state index is -0.205. The zero-order valence-corrected chi connectivity index (χ0v) is 16.2. The lowest BCUT2D eigenvalue weighted by molar-refractivity contribution is -0.119. The van der Waals surface area contributed by atoms with E-state index in [1.807, 2.05) is 6.92 Å². The van der Waals surface area contributed by atoms with Crippen LogP contribution in [0.5, 0.6) is 5.75 Å². The number of hydrogen-bond donors (Lipinski definition) is 3. The molecular weight excluding hydrogens is 362 g/mol. The normalized spacial score (nSPS) is 10.0.